The second kappa shape index (κ2) is 4.30. The first-order chi connectivity index (χ1) is 7.56. The number of nitrogens with one attached hydrogen (secondary N) is 1. The van der Waals surface area contributed by atoms with Crippen LogP contribution in [0.4, 0.5) is 0 Å². The summed E-state index contributed by atoms with van der Waals surface area (Å²) in [4.78, 5) is 0. The van der Waals surface area contributed by atoms with Gasteiger partial charge in [0.05, 0.1) is 6.54 Å². The third kappa shape index (κ3) is 2.27. The smallest absolute Gasteiger partial charge is 0.134 e. The predicted octanol–water partition coefficient (Wildman–Crippen LogP) is 3.55. The van der Waals surface area contributed by atoms with Gasteiger partial charge in [-0.05, 0) is 37.1 Å². The molecule has 0 fully saturated rings. The molecule has 0 aliphatic rings. The third-order valence-electron chi connectivity index (χ3n) is 2.72. The Morgan fingerprint density at radius 1 is 1.19 bits per heavy atom. The average Bonchev–Trinajstić information content (AvgIpc) is 2.57. The van der Waals surface area contributed by atoms with Gasteiger partial charge in [-0.25, -0.2) is 0 Å². The van der Waals surface area contributed by atoms with E-state index in [2.05, 4.69) is 51.2 Å². The largest absolute Gasteiger partial charge is 0.460 e. The van der Waals surface area contributed by atoms with Crippen LogP contribution in [0.3, 0.4) is 0 Å². The highest BCUT2D eigenvalue weighted by Crippen LogP contribution is 2.24. The first kappa shape index (κ1) is 11.2. The van der Waals surface area contributed by atoms with Crippen LogP contribution in [0, 0.1) is 13.8 Å². The Bertz CT molecular complexity index is 497. The Morgan fingerprint density at radius 3 is 2.62 bits per heavy atom. The molecule has 1 heterocycles. The number of furan rings is 1. The van der Waals surface area contributed by atoms with Crippen LogP contribution in [0.1, 0.15) is 30.7 Å². The lowest BCUT2D eigenvalue weighted by Gasteiger charge is -2.04. The lowest BCUT2D eigenvalue weighted by atomic mass is 10.1. The Morgan fingerprint density at radius 2 is 1.94 bits per heavy atom. The molecule has 0 amide bonds. The first-order valence-electron chi connectivity index (χ1n) is 5.79. The van der Waals surface area contributed by atoms with Crippen molar-refractivity contribution >= 4 is 11.0 Å². The molecule has 1 aromatic carbocycles. The Labute approximate surface area is 96.6 Å². The maximum absolute atomic E-state index is 5.82. The van der Waals surface area contributed by atoms with Gasteiger partial charge in [0.1, 0.15) is 11.3 Å². The summed E-state index contributed by atoms with van der Waals surface area (Å²) in [5.74, 6) is 1.01. The molecular weight excluding hydrogens is 198 g/mol. The third-order valence-corrected chi connectivity index (χ3v) is 2.72. The van der Waals surface area contributed by atoms with Gasteiger partial charge in [0, 0.05) is 11.4 Å². The van der Waals surface area contributed by atoms with Crippen molar-refractivity contribution in [3.63, 3.8) is 0 Å². The van der Waals surface area contributed by atoms with E-state index < -0.39 is 0 Å². The minimum atomic E-state index is 0.482. The van der Waals surface area contributed by atoms with Crippen molar-refractivity contribution in [1.82, 2.24) is 5.32 Å². The molecule has 0 aliphatic carbocycles. The summed E-state index contributed by atoms with van der Waals surface area (Å²) in [5.41, 5.74) is 3.54. The van der Waals surface area contributed by atoms with Gasteiger partial charge in [0.25, 0.3) is 0 Å². The fourth-order valence-electron chi connectivity index (χ4n) is 1.93. The molecule has 0 bridgehead atoms. The molecule has 0 saturated carbocycles. The van der Waals surface area contributed by atoms with Gasteiger partial charge >= 0.3 is 0 Å². The van der Waals surface area contributed by atoms with Crippen molar-refractivity contribution in [2.45, 2.75) is 40.3 Å². The molecule has 0 radical (unpaired) electrons. The summed E-state index contributed by atoms with van der Waals surface area (Å²) in [5, 5.41) is 4.59. The minimum absolute atomic E-state index is 0.482. The van der Waals surface area contributed by atoms with Gasteiger partial charge in [0.15, 0.2) is 0 Å². The zero-order valence-corrected chi connectivity index (χ0v) is 10.4. The summed E-state index contributed by atoms with van der Waals surface area (Å²) in [6.45, 7) is 9.30. The first-order valence-corrected chi connectivity index (χ1v) is 5.79. The SMILES string of the molecule is Cc1cc(C)c2cc(CNC(C)C)oc2c1. The van der Waals surface area contributed by atoms with E-state index in [1.165, 1.54) is 16.5 Å². The lowest BCUT2D eigenvalue weighted by molar-refractivity contribution is 0.488. The average molecular weight is 217 g/mol. The standard InChI is InChI=1S/C14H19NO/c1-9(2)15-8-12-7-13-11(4)5-10(3)6-14(13)16-12/h5-7,9,15H,8H2,1-4H3. The zero-order valence-electron chi connectivity index (χ0n) is 10.4. The molecule has 2 heteroatoms. The van der Waals surface area contributed by atoms with Gasteiger partial charge in [-0.3, -0.25) is 0 Å². The fourth-order valence-corrected chi connectivity index (χ4v) is 1.93. The van der Waals surface area contributed by atoms with Crippen molar-refractivity contribution in [2.75, 3.05) is 0 Å². The molecule has 2 nitrogen and oxygen atoms in total. The summed E-state index contributed by atoms with van der Waals surface area (Å²) >= 11 is 0. The highest BCUT2D eigenvalue weighted by molar-refractivity contribution is 5.82. The summed E-state index contributed by atoms with van der Waals surface area (Å²) in [7, 11) is 0. The van der Waals surface area contributed by atoms with Crippen LogP contribution in [0.25, 0.3) is 11.0 Å². The summed E-state index contributed by atoms with van der Waals surface area (Å²) in [6, 6.07) is 6.91. The molecule has 0 unspecified atom stereocenters. The van der Waals surface area contributed by atoms with Gasteiger partial charge in [-0.15, -0.1) is 0 Å². The molecule has 86 valence electrons. The quantitative estimate of drug-likeness (QED) is 0.850. The van der Waals surface area contributed by atoms with Gasteiger partial charge in [-0.2, -0.15) is 0 Å². The number of hydrogen-bond acceptors (Lipinski definition) is 2. The van der Waals surface area contributed by atoms with E-state index in [4.69, 9.17) is 4.42 Å². The normalized spacial score (nSPS) is 11.6. The van der Waals surface area contributed by atoms with Gasteiger partial charge in [0.2, 0.25) is 0 Å². The number of rotatable bonds is 3. The summed E-state index contributed by atoms with van der Waals surface area (Å²) < 4.78 is 5.82. The van der Waals surface area contributed by atoms with Crippen LogP contribution >= 0.6 is 0 Å². The number of hydrogen-bond donors (Lipinski definition) is 1. The maximum atomic E-state index is 5.82. The van der Waals surface area contributed by atoms with Crippen molar-refractivity contribution in [1.29, 1.82) is 0 Å². The van der Waals surface area contributed by atoms with Crippen LogP contribution in [0.2, 0.25) is 0 Å². The van der Waals surface area contributed by atoms with Crippen LogP contribution in [0.15, 0.2) is 22.6 Å². The maximum Gasteiger partial charge on any atom is 0.134 e. The van der Waals surface area contributed by atoms with E-state index in [-0.39, 0.29) is 0 Å². The highest BCUT2D eigenvalue weighted by atomic mass is 16.3. The van der Waals surface area contributed by atoms with Gasteiger partial charge in [-0.1, -0.05) is 19.9 Å². The van der Waals surface area contributed by atoms with E-state index in [9.17, 15) is 0 Å². The molecule has 16 heavy (non-hydrogen) atoms. The Kier molecular flexibility index (Phi) is 3.01. The summed E-state index contributed by atoms with van der Waals surface area (Å²) in [6.07, 6.45) is 0. The predicted molar refractivity (Wildman–Crippen MR) is 67.7 cm³/mol. The molecule has 0 saturated heterocycles. The van der Waals surface area contributed by atoms with Crippen LogP contribution in [-0.2, 0) is 6.54 Å². The monoisotopic (exact) mass is 217 g/mol. The number of aryl methyl sites for hydroxylation is 2. The van der Waals surface area contributed by atoms with Crippen LogP contribution in [-0.4, -0.2) is 6.04 Å². The number of fused-ring (bicyclic) bond motifs is 1. The van der Waals surface area contributed by atoms with Crippen LogP contribution in [0.5, 0.6) is 0 Å². The highest BCUT2D eigenvalue weighted by Gasteiger charge is 2.06. The molecule has 1 aromatic heterocycles. The lowest BCUT2D eigenvalue weighted by Crippen LogP contribution is -2.21. The molecule has 1 N–H and O–H groups in total. The molecule has 0 aliphatic heterocycles. The number of benzene rings is 1. The molecule has 2 rings (SSSR count). The fraction of sp³-hybridized carbons (Fsp3) is 0.429. The molecule has 2 aromatic rings. The molecular formula is C14H19NO. The van der Waals surface area contributed by atoms with E-state index in [0.717, 1.165) is 17.9 Å². The van der Waals surface area contributed by atoms with Crippen molar-refractivity contribution < 1.29 is 4.42 Å². The van der Waals surface area contributed by atoms with E-state index in [1.54, 1.807) is 0 Å². The van der Waals surface area contributed by atoms with Crippen molar-refractivity contribution in [3.8, 4) is 0 Å². The molecule has 0 spiro atoms. The topological polar surface area (TPSA) is 25.2 Å². The second-order valence-corrected chi connectivity index (χ2v) is 4.74. The zero-order chi connectivity index (χ0) is 11.7. The molecule has 0 atom stereocenters. The van der Waals surface area contributed by atoms with E-state index in [1.807, 2.05) is 0 Å². The van der Waals surface area contributed by atoms with Crippen molar-refractivity contribution in [3.05, 3.63) is 35.1 Å². The Balaban J connectivity index is 2.33. The van der Waals surface area contributed by atoms with E-state index >= 15 is 0 Å². The van der Waals surface area contributed by atoms with Crippen LogP contribution < -0.4 is 5.32 Å². The minimum Gasteiger partial charge on any atom is -0.460 e. The Hall–Kier alpha value is -1.28. The van der Waals surface area contributed by atoms with E-state index in [0.29, 0.717) is 6.04 Å². The second-order valence-electron chi connectivity index (χ2n) is 4.74. The van der Waals surface area contributed by atoms with Crippen molar-refractivity contribution in [2.24, 2.45) is 0 Å². The van der Waals surface area contributed by atoms with Gasteiger partial charge < -0.3 is 9.73 Å².